The number of allylic oxidation sites excluding steroid dienone is 3. The van der Waals surface area contributed by atoms with Gasteiger partial charge in [-0.15, -0.1) is 0 Å². The normalized spacial score (nSPS) is 16.4. The van der Waals surface area contributed by atoms with Gasteiger partial charge in [-0.3, -0.25) is 19.2 Å². The van der Waals surface area contributed by atoms with Gasteiger partial charge in [-0.05, 0) is 92.5 Å². The van der Waals surface area contributed by atoms with Gasteiger partial charge in [0.2, 0.25) is 0 Å². The van der Waals surface area contributed by atoms with Gasteiger partial charge in [-0.1, -0.05) is 44.9 Å². The van der Waals surface area contributed by atoms with Gasteiger partial charge in [0.05, 0.1) is 5.71 Å². The van der Waals surface area contributed by atoms with Crippen molar-refractivity contribution in [3.63, 3.8) is 0 Å². The zero-order valence-electron chi connectivity index (χ0n) is 29.3. The number of fused-ring (bicyclic) bond motifs is 2. The van der Waals surface area contributed by atoms with Crippen molar-refractivity contribution in [3.8, 4) is 0 Å². The first kappa shape index (κ1) is 35.8. The van der Waals surface area contributed by atoms with E-state index in [2.05, 4.69) is 34.7 Å². The Morgan fingerprint density at radius 3 is 2.20 bits per heavy atom. The first-order valence-corrected chi connectivity index (χ1v) is 16.9. The monoisotopic (exact) mass is 676 g/mol. The minimum absolute atomic E-state index is 0.0443. The predicted molar refractivity (Wildman–Crippen MR) is 194 cm³/mol. The number of esters is 2. The quantitative estimate of drug-likeness (QED) is 0.223. The molecule has 2 amide bonds. The molecule has 0 saturated carbocycles. The summed E-state index contributed by atoms with van der Waals surface area (Å²) in [7, 11) is 0. The maximum atomic E-state index is 13.2. The summed E-state index contributed by atoms with van der Waals surface area (Å²) in [6, 6.07) is 0. The summed E-state index contributed by atoms with van der Waals surface area (Å²) in [6.07, 6.45) is 12.9. The van der Waals surface area contributed by atoms with E-state index in [4.69, 9.17) is 9.47 Å². The van der Waals surface area contributed by atoms with Crippen LogP contribution in [-0.2, 0) is 47.9 Å². The lowest BCUT2D eigenvalue weighted by atomic mass is 9.99. The number of aliphatic imine (C=N–C) groups is 1. The third-order valence-electron chi connectivity index (χ3n) is 9.47. The van der Waals surface area contributed by atoms with Gasteiger partial charge < -0.3 is 24.3 Å². The van der Waals surface area contributed by atoms with Gasteiger partial charge in [-0.25, -0.2) is 4.99 Å². The first-order valence-electron chi connectivity index (χ1n) is 16.9. The molecule has 3 aliphatic rings. The van der Waals surface area contributed by atoms with Crippen LogP contribution in [0.5, 0.6) is 0 Å². The van der Waals surface area contributed by atoms with Crippen LogP contribution in [0.1, 0.15) is 73.7 Å². The molecule has 0 aromatic carbocycles. The number of hydrogen-bond acceptors (Lipinski definition) is 6. The first-order chi connectivity index (χ1) is 24.0. The highest BCUT2D eigenvalue weighted by molar-refractivity contribution is 6.32. The van der Waals surface area contributed by atoms with Gasteiger partial charge in [0.25, 0.3) is 11.8 Å². The topological polar surface area (TPSA) is 134 Å². The highest BCUT2D eigenvalue weighted by Gasteiger charge is 2.34. The highest BCUT2D eigenvalue weighted by atomic mass is 16.5. The van der Waals surface area contributed by atoms with E-state index in [1.165, 1.54) is 12.2 Å². The number of ether oxygens (including phenoxy) is 2. The molecule has 10 nitrogen and oxygen atoms in total. The van der Waals surface area contributed by atoms with Crippen molar-refractivity contribution in [1.82, 2.24) is 14.9 Å². The Kier molecular flexibility index (Phi) is 11.0. The molecule has 2 aromatic heterocycles. The summed E-state index contributed by atoms with van der Waals surface area (Å²) in [5.41, 5.74) is 9.86. The van der Waals surface area contributed by atoms with Crippen LogP contribution in [0.4, 0.5) is 0 Å². The molecular weight excluding hydrogens is 632 g/mol. The fraction of sp³-hybridized carbons (Fsp3) is 0.325. The molecule has 2 aromatic rings. The second-order valence-electron chi connectivity index (χ2n) is 12.4. The van der Waals surface area contributed by atoms with E-state index < -0.39 is 0 Å². The standard InChI is InChI=1S/C40H44N4O6/c1-8-18-49-37(45)14-12-28-23(5)31(20-32-26(10-3)25(7)39(47)43-32)41-33(28)21-34-29(13-15-38(46)50-19-9-2)30-16-17-44-36(22-35(30)42-34)24(6)27(11-4)40(44)48/h8-10,20-22,41-42H,1-3,11-19H2,4-7H3/b31-20-,33-21+. The zero-order valence-corrected chi connectivity index (χ0v) is 29.3. The average molecular weight is 677 g/mol. The smallest absolute Gasteiger partial charge is 0.306 e. The van der Waals surface area contributed by atoms with E-state index in [1.54, 1.807) is 13.0 Å². The Morgan fingerprint density at radius 2 is 1.58 bits per heavy atom. The molecule has 0 atom stereocenters. The van der Waals surface area contributed by atoms with E-state index >= 15 is 0 Å². The number of carbonyl (C=O) groups excluding carboxylic acids is 4. The Hall–Kier alpha value is -5.51. The van der Waals surface area contributed by atoms with Crippen LogP contribution in [0.3, 0.4) is 0 Å². The largest absolute Gasteiger partial charge is 0.461 e. The molecule has 3 aliphatic heterocycles. The molecule has 5 heterocycles. The maximum absolute atomic E-state index is 13.2. The zero-order chi connectivity index (χ0) is 36.1. The van der Waals surface area contributed by atoms with Crippen LogP contribution in [0.2, 0.25) is 0 Å². The van der Waals surface area contributed by atoms with Gasteiger partial charge in [-0.2, -0.15) is 0 Å². The number of H-pyrrole nitrogens is 2. The van der Waals surface area contributed by atoms with E-state index in [9.17, 15) is 19.2 Å². The van der Waals surface area contributed by atoms with Crippen molar-refractivity contribution in [1.29, 1.82) is 0 Å². The second-order valence-corrected chi connectivity index (χ2v) is 12.4. The number of carbonyl (C=O) groups is 4. The van der Waals surface area contributed by atoms with Crippen molar-refractivity contribution in [2.45, 2.75) is 66.2 Å². The summed E-state index contributed by atoms with van der Waals surface area (Å²) < 4.78 is 10.6. The van der Waals surface area contributed by atoms with Crippen LogP contribution in [-0.4, -0.2) is 64.1 Å². The molecule has 0 fully saturated rings. The van der Waals surface area contributed by atoms with Crippen molar-refractivity contribution < 1.29 is 28.7 Å². The van der Waals surface area contributed by atoms with Crippen molar-refractivity contribution in [2.24, 2.45) is 4.99 Å². The number of aromatic amines is 2. The Morgan fingerprint density at radius 1 is 0.920 bits per heavy atom. The van der Waals surface area contributed by atoms with Crippen LogP contribution >= 0.6 is 0 Å². The summed E-state index contributed by atoms with van der Waals surface area (Å²) in [5, 5.41) is 1.50. The van der Waals surface area contributed by atoms with Gasteiger partial charge in [0.1, 0.15) is 13.2 Å². The number of nitrogens with zero attached hydrogens (tertiary/aromatic N) is 2. The lowest BCUT2D eigenvalue weighted by Crippen LogP contribution is -2.27. The third kappa shape index (κ3) is 7.10. The van der Waals surface area contributed by atoms with Crippen molar-refractivity contribution in [3.05, 3.63) is 110 Å². The number of aromatic nitrogens is 2. The number of nitrogens with one attached hydrogen (secondary N) is 2. The molecule has 2 N–H and O–H groups in total. The molecule has 0 bridgehead atoms. The number of rotatable bonds is 14. The number of hydrogen-bond donors (Lipinski definition) is 2. The van der Waals surface area contributed by atoms with Gasteiger partial charge in [0, 0.05) is 63.9 Å². The van der Waals surface area contributed by atoms with Gasteiger partial charge >= 0.3 is 11.9 Å². The molecular formula is C40H44N4O6. The third-order valence-corrected chi connectivity index (χ3v) is 9.47. The van der Waals surface area contributed by atoms with E-state index in [1.807, 2.05) is 43.9 Å². The molecule has 0 saturated heterocycles. The Labute approximate surface area is 292 Å². The van der Waals surface area contributed by atoms with Crippen molar-refractivity contribution >= 4 is 47.7 Å². The minimum atomic E-state index is -0.345. The van der Waals surface area contributed by atoms with Crippen LogP contribution in [0.15, 0.2) is 70.9 Å². The molecule has 10 heteroatoms. The lowest BCUT2D eigenvalue weighted by Gasteiger charge is -2.17. The summed E-state index contributed by atoms with van der Waals surface area (Å²) in [6.45, 7) is 19.6. The maximum Gasteiger partial charge on any atom is 0.306 e. The molecule has 260 valence electrons. The average Bonchev–Trinajstić information content (AvgIpc) is 3.69. The van der Waals surface area contributed by atoms with Gasteiger partial charge in [0.15, 0.2) is 0 Å². The number of amides is 2. The Bertz CT molecular complexity index is 2060. The second kappa shape index (κ2) is 15.4. The molecule has 0 spiro atoms. The summed E-state index contributed by atoms with van der Waals surface area (Å²) in [4.78, 5) is 64.0. The predicted octanol–water partition coefficient (Wildman–Crippen LogP) is 4.53. The molecule has 5 rings (SSSR count). The summed E-state index contributed by atoms with van der Waals surface area (Å²) in [5.74, 6) is -0.936. The molecule has 0 unspecified atom stereocenters. The molecule has 0 aliphatic carbocycles. The minimum Gasteiger partial charge on any atom is -0.461 e. The van der Waals surface area contributed by atoms with Crippen molar-refractivity contribution in [2.75, 3.05) is 19.8 Å². The van der Waals surface area contributed by atoms with E-state index in [-0.39, 0.29) is 49.8 Å². The Balaban J connectivity index is 1.67. The fourth-order valence-electron chi connectivity index (χ4n) is 6.79. The lowest BCUT2D eigenvalue weighted by molar-refractivity contribution is -0.143. The fourth-order valence-corrected chi connectivity index (χ4v) is 6.79. The van der Waals surface area contributed by atoms with E-state index in [0.717, 1.165) is 61.2 Å². The SMILES string of the molecule is C=CCOC(=O)CCc1c(/C=c2/[nH]/c(=C\C3=NC(=O)C(C)=C3C=C)c(C)c2CCC(=O)OCC=C)[nH]c2c1CCN1C(=O)C(CC)=C(C)C1=C2. The van der Waals surface area contributed by atoms with Crippen LogP contribution in [0, 0.1) is 6.92 Å². The van der Waals surface area contributed by atoms with Crippen LogP contribution in [0.25, 0.3) is 18.2 Å². The molecule has 50 heavy (non-hydrogen) atoms. The summed E-state index contributed by atoms with van der Waals surface area (Å²) >= 11 is 0. The van der Waals surface area contributed by atoms with E-state index in [0.29, 0.717) is 49.1 Å². The highest BCUT2D eigenvalue weighted by Crippen LogP contribution is 2.36. The molecule has 0 radical (unpaired) electrons. The van der Waals surface area contributed by atoms with Crippen LogP contribution < -0.4 is 10.7 Å².